The number of hydrogen-bond acceptors (Lipinski definition) is 3. The van der Waals surface area contributed by atoms with Crippen molar-refractivity contribution in [3.8, 4) is 5.82 Å². The van der Waals surface area contributed by atoms with Crippen molar-refractivity contribution < 1.29 is 9.18 Å². The van der Waals surface area contributed by atoms with Crippen LogP contribution in [0.4, 0.5) is 4.39 Å². The van der Waals surface area contributed by atoms with E-state index in [9.17, 15) is 9.18 Å². The van der Waals surface area contributed by atoms with Gasteiger partial charge in [0.15, 0.2) is 5.82 Å². The average Bonchev–Trinajstić information content (AvgIpc) is 3.43. The fraction of sp³-hybridized carbons (Fsp3) is 0.208. The van der Waals surface area contributed by atoms with E-state index in [1.165, 1.54) is 17.7 Å². The Morgan fingerprint density at radius 3 is 2.90 bits per heavy atom. The highest BCUT2D eigenvalue weighted by molar-refractivity contribution is 5.97. The zero-order chi connectivity index (χ0) is 21.4. The van der Waals surface area contributed by atoms with Crippen LogP contribution in [0.2, 0.25) is 0 Å². The van der Waals surface area contributed by atoms with Crippen molar-refractivity contribution in [1.82, 2.24) is 24.6 Å². The largest absolute Gasteiger partial charge is 0.360 e. The number of nitrogens with one attached hydrogen (secondary N) is 1. The minimum atomic E-state index is -0.256. The molecule has 1 aromatic carbocycles. The highest BCUT2D eigenvalue weighted by atomic mass is 19.1. The predicted octanol–water partition coefficient (Wildman–Crippen LogP) is 4.38. The molecule has 1 aliphatic heterocycles. The number of benzene rings is 1. The topological polar surface area (TPSA) is 66.8 Å². The van der Waals surface area contributed by atoms with Gasteiger partial charge < -0.3 is 9.88 Å². The van der Waals surface area contributed by atoms with E-state index in [-0.39, 0.29) is 11.7 Å². The van der Waals surface area contributed by atoms with Crippen LogP contribution in [0.5, 0.6) is 0 Å². The van der Waals surface area contributed by atoms with Crippen LogP contribution in [0, 0.1) is 5.82 Å². The molecule has 0 atom stereocenters. The Kier molecular flexibility index (Phi) is 4.86. The van der Waals surface area contributed by atoms with Crippen molar-refractivity contribution >= 4 is 22.4 Å². The van der Waals surface area contributed by atoms with E-state index in [1.54, 1.807) is 23.1 Å². The second-order valence-corrected chi connectivity index (χ2v) is 7.58. The highest BCUT2D eigenvalue weighted by Gasteiger charge is 2.25. The number of carbonyl (C=O) groups is 1. The maximum atomic E-state index is 13.5. The number of carbonyl (C=O) groups excluding carboxylic acids is 1. The number of aromatic nitrogens is 4. The molecule has 3 aromatic heterocycles. The molecule has 4 aromatic rings. The first-order valence-electron chi connectivity index (χ1n) is 10.4. The van der Waals surface area contributed by atoms with Crippen LogP contribution in [0.1, 0.15) is 35.0 Å². The molecule has 0 fully saturated rings. The molecule has 1 amide bonds. The number of rotatable bonds is 4. The molecule has 1 aliphatic rings. The Morgan fingerprint density at radius 1 is 1.26 bits per heavy atom. The van der Waals surface area contributed by atoms with Gasteiger partial charge in [-0.3, -0.25) is 4.79 Å². The quantitative estimate of drug-likeness (QED) is 0.538. The number of amides is 1. The Balaban J connectivity index is 1.39. The molecule has 0 bridgehead atoms. The molecule has 0 radical (unpaired) electrons. The van der Waals surface area contributed by atoms with E-state index >= 15 is 0 Å². The molecule has 156 valence electrons. The van der Waals surface area contributed by atoms with E-state index in [0.717, 1.165) is 28.6 Å². The number of hydrogen-bond donors (Lipinski definition) is 1. The second-order valence-electron chi connectivity index (χ2n) is 7.58. The van der Waals surface area contributed by atoms with Gasteiger partial charge in [-0.1, -0.05) is 19.1 Å². The van der Waals surface area contributed by atoms with Gasteiger partial charge in [-0.15, -0.1) is 0 Å². The van der Waals surface area contributed by atoms with Gasteiger partial charge in [-0.2, -0.15) is 5.10 Å². The van der Waals surface area contributed by atoms with Crippen LogP contribution in [0.3, 0.4) is 0 Å². The minimum absolute atomic E-state index is 0.0182. The molecule has 0 aliphatic carbocycles. The van der Waals surface area contributed by atoms with Crippen LogP contribution < -0.4 is 0 Å². The Bertz CT molecular complexity index is 1290. The van der Waals surface area contributed by atoms with E-state index < -0.39 is 0 Å². The summed E-state index contributed by atoms with van der Waals surface area (Å²) in [7, 11) is 0. The summed E-state index contributed by atoms with van der Waals surface area (Å²) >= 11 is 0. The number of fused-ring (bicyclic) bond motifs is 1. The van der Waals surface area contributed by atoms with Gasteiger partial charge in [0.05, 0.1) is 17.5 Å². The zero-order valence-corrected chi connectivity index (χ0v) is 17.2. The van der Waals surface area contributed by atoms with Crippen molar-refractivity contribution in [3.05, 3.63) is 83.7 Å². The Labute approximate surface area is 179 Å². The van der Waals surface area contributed by atoms with E-state index in [4.69, 9.17) is 0 Å². The van der Waals surface area contributed by atoms with Gasteiger partial charge in [0.1, 0.15) is 5.82 Å². The van der Waals surface area contributed by atoms with Crippen molar-refractivity contribution in [3.63, 3.8) is 0 Å². The number of pyridine rings is 1. The lowest BCUT2D eigenvalue weighted by Crippen LogP contribution is -2.35. The fourth-order valence-electron chi connectivity index (χ4n) is 4.20. The maximum Gasteiger partial charge on any atom is 0.257 e. The predicted molar refractivity (Wildman–Crippen MR) is 117 cm³/mol. The van der Waals surface area contributed by atoms with Gasteiger partial charge in [0.25, 0.3) is 5.91 Å². The molecule has 0 spiro atoms. The smallest absolute Gasteiger partial charge is 0.257 e. The van der Waals surface area contributed by atoms with Gasteiger partial charge in [0, 0.05) is 41.9 Å². The van der Waals surface area contributed by atoms with Crippen LogP contribution in [-0.4, -0.2) is 43.6 Å². The third-order valence-corrected chi connectivity index (χ3v) is 5.79. The summed E-state index contributed by atoms with van der Waals surface area (Å²) in [6.45, 7) is 3.16. The third kappa shape index (κ3) is 3.42. The summed E-state index contributed by atoms with van der Waals surface area (Å²) in [5, 5.41) is 5.42. The molecule has 0 saturated heterocycles. The standard InChI is InChI=1S/C24H22FN5O/c1-2-22-20(15-28-30(22)23-5-3-4-10-26-23)24(31)29-11-8-16(9-12-29)19-14-27-21-13-17(25)6-7-18(19)21/h3-8,10,13-15,27H,2,9,11-12H2,1H3. The SMILES string of the molecule is CCc1c(C(=O)N2CC=C(c3c[nH]c4cc(F)ccc34)CC2)cnn1-c1ccccn1. The molecule has 0 unspecified atom stereocenters. The normalized spacial score (nSPS) is 14.1. The lowest BCUT2D eigenvalue weighted by Gasteiger charge is -2.26. The molecular weight excluding hydrogens is 393 g/mol. The minimum Gasteiger partial charge on any atom is -0.360 e. The van der Waals surface area contributed by atoms with E-state index in [0.29, 0.717) is 30.9 Å². The third-order valence-electron chi connectivity index (χ3n) is 5.79. The summed E-state index contributed by atoms with van der Waals surface area (Å²) in [4.78, 5) is 22.6. The first kappa shape index (κ1) is 19.2. The Morgan fingerprint density at radius 2 is 2.16 bits per heavy atom. The van der Waals surface area contributed by atoms with E-state index in [1.807, 2.05) is 36.2 Å². The second kappa shape index (κ2) is 7.83. The van der Waals surface area contributed by atoms with Crippen LogP contribution in [-0.2, 0) is 6.42 Å². The van der Waals surface area contributed by atoms with Crippen molar-refractivity contribution in [2.45, 2.75) is 19.8 Å². The molecular formula is C24H22FN5O. The summed E-state index contributed by atoms with van der Waals surface area (Å²) in [5.74, 6) is 0.429. The summed E-state index contributed by atoms with van der Waals surface area (Å²) in [6.07, 6.45) is 8.78. The zero-order valence-electron chi connectivity index (χ0n) is 17.2. The molecule has 1 N–H and O–H groups in total. The van der Waals surface area contributed by atoms with Crippen LogP contribution in [0.25, 0.3) is 22.3 Å². The maximum absolute atomic E-state index is 13.5. The summed E-state index contributed by atoms with van der Waals surface area (Å²) in [6, 6.07) is 10.4. The monoisotopic (exact) mass is 415 g/mol. The number of nitrogens with zero attached hydrogens (tertiary/aromatic N) is 4. The average molecular weight is 415 g/mol. The van der Waals surface area contributed by atoms with Gasteiger partial charge in [-0.05, 0) is 48.7 Å². The summed E-state index contributed by atoms with van der Waals surface area (Å²) < 4.78 is 15.2. The van der Waals surface area contributed by atoms with Crippen molar-refractivity contribution in [2.75, 3.05) is 13.1 Å². The van der Waals surface area contributed by atoms with Gasteiger partial charge in [-0.25, -0.2) is 14.1 Å². The lowest BCUT2D eigenvalue weighted by atomic mass is 9.98. The molecule has 6 nitrogen and oxygen atoms in total. The number of halogens is 1. The van der Waals surface area contributed by atoms with Gasteiger partial charge >= 0.3 is 0 Å². The van der Waals surface area contributed by atoms with Crippen molar-refractivity contribution in [2.24, 2.45) is 0 Å². The molecule has 5 rings (SSSR count). The van der Waals surface area contributed by atoms with Gasteiger partial charge in [0.2, 0.25) is 0 Å². The number of H-pyrrole nitrogens is 1. The molecule has 4 heterocycles. The van der Waals surface area contributed by atoms with Crippen LogP contribution in [0.15, 0.2) is 61.1 Å². The first-order chi connectivity index (χ1) is 15.2. The molecule has 0 saturated carbocycles. The molecule has 31 heavy (non-hydrogen) atoms. The highest BCUT2D eigenvalue weighted by Crippen LogP contribution is 2.30. The van der Waals surface area contributed by atoms with Crippen molar-refractivity contribution in [1.29, 1.82) is 0 Å². The Hall–Kier alpha value is -3.74. The summed E-state index contributed by atoms with van der Waals surface area (Å²) in [5.41, 5.74) is 4.50. The lowest BCUT2D eigenvalue weighted by molar-refractivity contribution is 0.0772. The first-order valence-corrected chi connectivity index (χ1v) is 10.4. The fourth-order valence-corrected chi connectivity index (χ4v) is 4.20. The van der Waals surface area contributed by atoms with E-state index in [2.05, 4.69) is 21.1 Å². The number of aromatic amines is 1. The van der Waals surface area contributed by atoms with Crippen LogP contribution >= 0.6 is 0 Å². The molecule has 7 heteroatoms.